The number of nitrogens with one attached hydrogen (secondary N) is 2. The molecule has 2 N–H and O–H groups in total. The van der Waals surface area contributed by atoms with Gasteiger partial charge in [-0.2, -0.15) is 0 Å². The minimum atomic E-state index is -0.472. The maximum absolute atomic E-state index is 14.0. The van der Waals surface area contributed by atoms with Gasteiger partial charge in [0.1, 0.15) is 0 Å². The van der Waals surface area contributed by atoms with Crippen molar-refractivity contribution in [3.05, 3.63) is 59.7 Å². The number of carbonyl (C=O) groups excluding carboxylic acids is 3. The van der Waals surface area contributed by atoms with Crippen LogP contribution in [0.5, 0.6) is 0 Å². The highest BCUT2D eigenvalue weighted by Gasteiger charge is 2.57. The number of nitrogens with zero attached hydrogens (tertiary/aromatic N) is 1. The summed E-state index contributed by atoms with van der Waals surface area (Å²) < 4.78 is 0. The van der Waals surface area contributed by atoms with Crippen molar-refractivity contribution in [2.24, 2.45) is 0 Å². The van der Waals surface area contributed by atoms with Gasteiger partial charge in [-0.25, -0.2) is 0 Å². The molecule has 3 amide bonds. The van der Waals surface area contributed by atoms with Gasteiger partial charge in [-0.05, 0) is 55.5 Å². The van der Waals surface area contributed by atoms with Crippen LogP contribution in [-0.2, 0) is 9.59 Å². The molecule has 0 radical (unpaired) electrons. The molecule has 1 atom stereocenters. The van der Waals surface area contributed by atoms with Gasteiger partial charge in [0.15, 0.2) is 0 Å². The molecule has 1 spiro atoms. The molecule has 6 nitrogen and oxygen atoms in total. The average Bonchev–Trinajstić information content (AvgIpc) is 3.47. The monoisotopic (exact) mass is 445 g/mol. The molecule has 0 aromatic heterocycles. The zero-order chi connectivity index (χ0) is 23.0. The average molecular weight is 446 g/mol. The zero-order valence-corrected chi connectivity index (χ0v) is 19.1. The van der Waals surface area contributed by atoms with Crippen LogP contribution in [0.15, 0.2) is 48.5 Å². The number of hydrogen-bond acceptors (Lipinski definition) is 3. The first-order valence-electron chi connectivity index (χ1n) is 12.1. The van der Waals surface area contributed by atoms with Gasteiger partial charge in [-0.3, -0.25) is 14.4 Å². The number of fused-ring (bicyclic) bond motifs is 1. The Bertz CT molecular complexity index is 1080. The van der Waals surface area contributed by atoms with E-state index < -0.39 is 11.5 Å². The smallest absolute Gasteiger partial charge is 0.254 e. The molecule has 6 heteroatoms. The van der Waals surface area contributed by atoms with Gasteiger partial charge in [-0.1, -0.05) is 49.9 Å². The molecule has 2 saturated carbocycles. The summed E-state index contributed by atoms with van der Waals surface area (Å²) in [6.45, 7) is 1.46. The fourth-order valence-corrected chi connectivity index (χ4v) is 6.39. The van der Waals surface area contributed by atoms with E-state index in [1.807, 2.05) is 36.4 Å². The lowest BCUT2D eigenvalue weighted by Crippen LogP contribution is -2.62. The molecule has 2 aromatic carbocycles. The normalized spacial score (nSPS) is 21.8. The highest BCUT2D eigenvalue weighted by atomic mass is 16.2. The van der Waals surface area contributed by atoms with E-state index in [0.717, 1.165) is 56.9 Å². The van der Waals surface area contributed by atoms with Crippen LogP contribution < -0.4 is 10.6 Å². The summed E-state index contributed by atoms with van der Waals surface area (Å²) in [5.41, 5.74) is 2.31. The second-order valence-corrected chi connectivity index (χ2v) is 9.70. The lowest BCUT2D eigenvalue weighted by Gasteiger charge is -2.52. The fourth-order valence-electron chi connectivity index (χ4n) is 6.39. The first kappa shape index (κ1) is 21.7. The van der Waals surface area contributed by atoms with Crippen LogP contribution in [-0.4, -0.2) is 34.2 Å². The molecule has 2 aliphatic carbocycles. The van der Waals surface area contributed by atoms with Crippen molar-refractivity contribution in [1.29, 1.82) is 0 Å². The summed E-state index contributed by atoms with van der Waals surface area (Å²) in [6.07, 6.45) is 8.07. The largest absolute Gasteiger partial charge is 0.329 e. The van der Waals surface area contributed by atoms with Crippen LogP contribution in [0.2, 0.25) is 0 Å². The zero-order valence-electron chi connectivity index (χ0n) is 19.1. The van der Waals surface area contributed by atoms with E-state index in [0.29, 0.717) is 16.9 Å². The van der Waals surface area contributed by atoms with Gasteiger partial charge in [-0.15, -0.1) is 0 Å². The van der Waals surface area contributed by atoms with Gasteiger partial charge in [0.2, 0.25) is 11.8 Å². The van der Waals surface area contributed by atoms with Gasteiger partial charge >= 0.3 is 0 Å². The Kier molecular flexibility index (Phi) is 5.69. The fraction of sp³-hybridized carbons (Fsp3) is 0.444. The maximum Gasteiger partial charge on any atom is 0.254 e. The predicted molar refractivity (Wildman–Crippen MR) is 128 cm³/mol. The molecule has 0 bridgehead atoms. The minimum Gasteiger partial charge on any atom is -0.329 e. The molecule has 0 unspecified atom stereocenters. The summed E-state index contributed by atoms with van der Waals surface area (Å²) in [5.74, 6) is -0.565. The summed E-state index contributed by atoms with van der Waals surface area (Å²) in [5, 5.41) is 5.88. The van der Waals surface area contributed by atoms with E-state index in [1.54, 1.807) is 12.1 Å². The number of carbonyl (C=O) groups is 3. The van der Waals surface area contributed by atoms with E-state index in [2.05, 4.69) is 15.5 Å². The summed E-state index contributed by atoms with van der Waals surface area (Å²) >= 11 is 0. The molecule has 33 heavy (non-hydrogen) atoms. The second kappa shape index (κ2) is 8.65. The Hall–Kier alpha value is -3.15. The topological polar surface area (TPSA) is 78.5 Å². The van der Waals surface area contributed by atoms with Crippen LogP contribution in [0, 0.1) is 0 Å². The van der Waals surface area contributed by atoms with Crippen molar-refractivity contribution in [2.75, 3.05) is 10.6 Å². The Morgan fingerprint density at radius 1 is 0.909 bits per heavy atom. The Morgan fingerprint density at radius 3 is 2.27 bits per heavy atom. The van der Waals surface area contributed by atoms with Gasteiger partial charge in [0, 0.05) is 29.9 Å². The third-order valence-electron chi connectivity index (χ3n) is 7.61. The molecular weight excluding hydrogens is 414 g/mol. The van der Waals surface area contributed by atoms with E-state index in [4.69, 9.17) is 0 Å². The van der Waals surface area contributed by atoms with Crippen molar-refractivity contribution in [2.45, 2.75) is 75.8 Å². The van der Waals surface area contributed by atoms with Crippen LogP contribution in [0.1, 0.15) is 80.1 Å². The van der Waals surface area contributed by atoms with Crippen molar-refractivity contribution >= 4 is 29.1 Å². The second-order valence-electron chi connectivity index (χ2n) is 9.70. The highest BCUT2D eigenvalue weighted by molar-refractivity contribution is 6.05. The van der Waals surface area contributed by atoms with Crippen molar-refractivity contribution in [3.8, 4) is 0 Å². The molecule has 172 valence electrons. The van der Waals surface area contributed by atoms with E-state index in [-0.39, 0.29) is 23.8 Å². The van der Waals surface area contributed by atoms with Crippen LogP contribution >= 0.6 is 0 Å². The summed E-state index contributed by atoms with van der Waals surface area (Å²) in [4.78, 5) is 41.3. The lowest BCUT2D eigenvalue weighted by molar-refractivity contribution is -0.121. The highest BCUT2D eigenvalue weighted by Crippen LogP contribution is 2.52. The van der Waals surface area contributed by atoms with Crippen LogP contribution in [0.4, 0.5) is 11.4 Å². The summed E-state index contributed by atoms with van der Waals surface area (Å²) in [7, 11) is 0. The third-order valence-corrected chi connectivity index (χ3v) is 7.61. The standard InChI is InChI=1S/C27H31N3O3/c1-18(31)28-19-9-8-10-20(17-19)29-25(32)24-22-13-4-5-14-23(22)26(33)30(21-11-2-3-12-21)27(24)15-6-7-16-27/h4-5,8-10,13-14,17,21,24H,2-3,6-7,11-12,15-16H2,1H3,(H,28,31)(H,29,32)/t24-/m1/s1. The number of benzene rings is 2. The van der Waals surface area contributed by atoms with Crippen molar-refractivity contribution < 1.29 is 14.4 Å². The Morgan fingerprint density at radius 2 is 1.58 bits per heavy atom. The molecule has 5 rings (SSSR count). The van der Waals surface area contributed by atoms with Crippen LogP contribution in [0.3, 0.4) is 0 Å². The summed E-state index contributed by atoms with van der Waals surface area (Å²) in [6, 6.07) is 15.1. The van der Waals surface area contributed by atoms with E-state index >= 15 is 0 Å². The van der Waals surface area contributed by atoms with E-state index in [9.17, 15) is 14.4 Å². The molecule has 2 aromatic rings. The maximum atomic E-state index is 14.0. The van der Waals surface area contributed by atoms with E-state index in [1.165, 1.54) is 6.92 Å². The molecule has 0 saturated heterocycles. The lowest BCUT2D eigenvalue weighted by atomic mass is 9.70. The SMILES string of the molecule is CC(=O)Nc1cccc(NC(=O)[C@H]2c3ccccc3C(=O)N(C3CCCC3)C23CCCC3)c1. The third kappa shape index (κ3) is 3.81. The number of amides is 3. The van der Waals surface area contributed by atoms with Crippen LogP contribution in [0.25, 0.3) is 0 Å². The van der Waals surface area contributed by atoms with Gasteiger partial charge in [0.05, 0.1) is 11.5 Å². The van der Waals surface area contributed by atoms with Gasteiger partial charge in [0.25, 0.3) is 5.91 Å². The van der Waals surface area contributed by atoms with Gasteiger partial charge < -0.3 is 15.5 Å². The number of rotatable bonds is 4. The quantitative estimate of drug-likeness (QED) is 0.689. The molecular formula is C27H31N3O3. The molecule has 3 aliphatic rings. The number of anilines is 2. The Balaban J connectivity index is 1.55. The molecule has 1 heterocycles. The first-order valence-corrected chi connectivity index (χ1v) is 12.1. The van der Waals surface area contributed by atoms with Crippen molar-refractivity contribution in [1.82, 2.24) is 4.90 Å². The number of hydrogen-bond donors (Lipinski definition) is 2. The minimum absolute atomic E-state index is 0.0835. The predicted octanol–water partition coefficient (Wildman–Crippen LogP) is 5.08. The van der Waals surface area contributed by atoms with Crippen molar-refractivity contribution in [3.63, 3.8) is 0 Å². The Labute approximate surface area is 194 Å². The molecule has 2 fully saturated rings. The molecule has 1 aliphatic heterocycles. The first-order chi connectivity index (χ1) is 16.0.